The predicted molar refractivity (Wildman–Crippen MR) is 71.0 cm³/mol. The van der Waals surface area contributed by atoms with Gasteiger partial charge in [0.1, 0.15) is 0 Å². The Kier molecular flexibility index (Phi) is 10.2. The van der Waals surface area contributed by atoms with Gasteiger partial charge in [-0.2, -0.15) is 0 Å². The molecule has 0 aliphatic heterocycles. The lowest BCUT2D eigenvalue weighted by Gasteiger charge is -2.15. The van der Waals surface area contributed by atoms with Gasteiger partial charge in [-0.05, 0) is 19.3 Å². The highest BCUT2D eigenvalue weighted by molar-refractivity contribution is 5.81. The van der Waals surface area contributed by atoms with E-state index in [0.717, 1.165) is 32.5 Å². The number of nitrogens with one attached hydrogen (secondary N) is 2. The van der Waals surface area contributed by atoms with E-state index in [4.69, 9.17) is 4.74 Å². The summed E-state index contributed by atoms with van der Waals surface area (Å²) in [5.41, 5.74) is 0. The van der Waals surface area contributed by atoms with Gasteiger partial charge in [-0.25, -0.2) is 0 Å². The van der Waals surface area contributed by atoms with E-state index in [2.05, 4.69) is 31.4 Å². The molecule has 0 saturated carbocycles. The maximum atomic E-state index is 11.6. The summed E-state index contributed by atoms with van der Waals surface area (Å²) < 4.78 is 5.41. The van der Waals surface area contributed by atoms with Gasteiger partial charge < -0.3 is 15.4 Å². The fourth-order valence-electron chi connectivity index (χ4n) is 1.25. The number of carbonyl (C=O) groups is 1. The smallest absolute Gasteiger partial charge is 0.236 e. The minimum atomic E-state index is -0.150. The van der Waals surface area contributed by atoms with Crippen LogP contribution in [0.3, 0.4) is 0 Å². The number of ether oxygens (including phenoxy) is 1. The molecule has 0 aliphatic carbocycles. The molecule has 4 nitrogen and oxygen atoms in total. The van der Waals surface area contributed by atoms with Gasteiger partial charge in [0.05, 0.1) is 12.6 Å². The van der Waals surface area contributed by atoms with Crippen LogP contribution in [-0.4, -0.2) is 38.3 Å². The molecule has 0 radical (unpaired) electrons. The molecule has 1 unspecified atom stereocenters. The molecule has 17 heavy (non-hydrogen) atoms. The average Bonchev–Trinajstić information content (AvgIpc) is 2.30. The van der Waals surface area contributed by atoms with Gasteiger partial charge in [-0.3, -0.25) is 4.79 Å². The second-order valence-electron chi connectivity index (χ2n) is 4.78. The zero-order valence-electron chi connectivity index (χ0n) is 11.7. The summed E-state index contributed by atoms with van der Waals surface area (Å²) in [5.74, 6) is 0.552. The molecule has 0 spiro atoms. The van der Waals surface area contributed by atoms with Crippen LogP contribution in [-0.2, 0) is 9.53 Å². The molecule has 102 valence electrons. The highest BCUT2D eigenvalue weighted by Crippen LogP contribution is 1.90. The van der Waals surface area contributed by atoms with Crippen LogP contribution in [0.4, 0.5) is 0 Å². The molecule has 0 aliphatic rings. The molecule has 0 saturated heterocycles. The molecule has 1 atom stereocenters. The van der Waals surface area contributed by atoms with Crippen LogP contribution in [0.2, 0.25) is 0 Å². The Morgan fingerprint density at radius 1 is 1.24 bits per heavy atom. The highest BCUT2D eigenvalue weighted by Gasteiger charge is 2.11. The maximum Gasteiger partial charge on any atom is 0.236 e. The zero-order valence-corrected chi connectivity index (χ0v) is 11.7. The van der Waals surface area contributed by atoms with E-state index < -0.39 is 0 Å². The van der Waals surface area contributed by atoms with Crippen LogP contribution in [0.1, 0.15) is 40.5 Å². The van der Waals surface area contributed by atoms with Gasteiger partial charge in [-0.1, -0.05) is 27.2 Å². The number of amides is 1. The monoisotopic (exact) mass is 244 g/mol. The molecular formula is C13H28N2O2. The summed E-state index contributed by atoms with van der Waals surface area (Å²) in [7, 11) is 0. The maximum absolute atomic E-state index is 11.6. The molecule has 0 fully saturated rings. The topological polar surface area (TPSA) is 50.4 Å². The first-order valence-electron chi connectivity index (χ1n) is 6.66. The number of hydrogen-bond donors (Lipinski definition) is 2. The van der Waals surface area contributed by atoms with Gasteiger partial charge in [0.25, 0.3) is 0 Å². The Bertz CT molecular complexity index is 196. The SMILES string of the molecule is CCCCOCCNC(C)C(=O)NCC(C)C. The van der Waals surface area contributed by atoms with Crippen molar-refractivity contribution in [2.75, 3.05) is 26.3 Å². The Labute approximate surface area is 105 Å². The van der Waals surface area contributed by atoms with Crippen LogP contribution in [0, 0.1) is 5.92 Å². The Morgan fingerprint density at radius 3 is 2.53 bits per heavy atom. The largest absolute Gasteiger partial charge is 0.380 e. The van der Waals surface area contributed by atoms with Crippen molar-refractivity contribution in [3.05, 3.63) is 0 Å². The first kappa shape index (κ1) is 16.4. The number of rotatable bonds is 10. The molecule has 0 aromatic carbocycles. The second kappa shape index (κ2) is 10.5. The van der Waals surface area contributed by atoms with Gasteiger partial charge in [0, 0.05) is 19.7 Å². The van der Waals surface area contributed by atoms with E-state index in [9.17, 15) is 4.79 Å². The Morgan fingerprint density at radius 2 is 1.94 bits per heavy atom. The molecule has 0 rings (SSSR count). The summed E-state index contributed by atoms with van der Waals surface area (Å²) in [4.78, 5) is 11.6. The standard InChI is InChI=1S/C13H28N2O2/c1-5-6-8-17-9-7-14-12(4)13(16)15-10-11(2)3/h11-12,14H,5-10H2,1-4H3,(H,15,16). The first-order valence-corrected chi connectivity index (χ1v) is 6.66. The van der Waals surface area contributed by atoms with Crippen molar-refractivity contribution in [3.63, 3.8) is 0 Å². The fraction of sp³-hybridized carbons (Fsp3) is 0.923. The number of hydrogen-bond acceptors (Lipinski definition) is 3. The van der Waals surface area contributed by atoms with Crippen molar-refractivity contribution >= 4 is 5.91 Å². The summed E-state index contributed by atoms with van der Waals surface area (Å²) in [6.45, 7) is 11.1. The quantitative estimate of drug-likeness (QED) is 0.573. The number of carbonyl (C=O) groups excluding carboxylic acids is 1. The van der Waals surface area contributed by atoms with E-state index in [1.54, 1.807) is 0 Å². The summed E-state index contributed by atoms with van der Waals surface area (Å²) in [6, 6.07) is -0.150. The molecule has 0 bridgehead atoms. The highest BCUT2D eigenvalue weighted by atomic mass is 16.5. The van der Waals surface area contributed by atoms with Crippen molar-refractivity contribution in [1.29, 1.82) is 0 Å². The van der Waals surface area contributed by atoms with Crippen LogP contribution >= 0.6 is 0 Å². The van der Waals surface area contributed by atoms with Crippen molar-refractivity contribution in [2.24, 2.45) is 5.92 Å². The average molecular weight is 244 g/mol. The Hall–Kier alpha value is -0.610. The predicted octanol–water partition coefficient (Wildman–Crippen LogP) is 1.55. The van der Waals surface area contributed by atoms with Crippen molar-refractivity contribution < 1.29 is 9.53 Å². The van der Waals surface area contributed by atoms with E-state index >= 15 is 0 Å². The van der Waals surface area contributed by atoms with Crippen molar-refractivity contribution in [1.82, 2.24) is 10.6 Å². The normalized spacial score (nSPS) is 12.8. The molecule has 0 aromatic heterocycles. The molecule has 0 heterocycles. The third-order valence-corrected chi connectivity index (χ3v) is 2.42. The van der Waals surface area contributed by atoms with Gasteiger partial charge in [0.15, 0.2) is 0 Å². The third-order valence-electron chi connectivity index (χ3n) is 2.42. The molecule has 2 N–H and O–H groups in total. The van der Waals surface area contributed by atoms with Gasteiger partial charge >= 0.3 is 0 Å². The second-order valence-corrected chi connectivity index (χ2v) is 4.78. The van der Waals surface area contributed by atoms with Gasteiger partial charge in [-0.15, -0.1) is 0 Å². The minimum absolute atomic E-state index is 0.0623. The van der Waals surface area contributed by atoms with Crippen LogP contribution in [0.15, 0.2) is 0 Å². The van der Waals surface area contributed by atoms with Crippen LogP contribution in [0.5, 0.6) is 0 Å². The summed E-state index contributed by atoms with van der Waals surface area (Å²) in [5, 5.41) is 6.05. The van der Waals surface area contributed by atoms with Crippen molar-refractivity contribution in [3.8, 4) is 0 Å². The van der Waals surface area contributed by atoms with Gasteiger partial charge in [0.2, 0.25) is 5.91 Å². The first-order chi connectivity index (χ1) is 8.07. The third kappa shape index (κ3) is 10.3. The van der Waals surface area contributed by atoms with E-state index in [1.807, 2.05) is 6.92 Å². The summed E-state index contributed by atoms with van der Waals surface area (Å²) >= 11 is 0. The molecule has 1 amide bonds. The van der Waals surface area contributed by atoms with Crippen LogP contribution in [0.25, 0.3) is 0 Å². The fourth-order valence-corrected chi connectivity index (χ4v) is 1.25. The molecule has 0 aromatic rings. The van der Waals surface area contributed by atoms with E-state index in [0.29, 0.717) is 12.5 Å². The lowest BCUT2D eigenvalue weighted by atomic mass is 10.2. The lowest BCUT2D eigenvalue weighted by Crippen LogP contribution is -2.44. The van der Waals surface area contributed by atoms with Crippen LogP contribution < -0.4 is 10.6 Å². The molecule has 4 heteroatoms. The zero-order chi connectivity index (χ0) is 13.1. The molecular weight excluding hydrogens is 216 g/mol. The number of unbranched alkanes of at least 4 members (excludes halogenated alkanes) is 1. The van der Waals surface area contributed by atoms with Crippen molar-refractivity contribution in [2.45, 2.75) is 46.6 Å². The van der Waals surface area contributed by atoms with E-state index in [-0.39, 0.29) is 11.9 Å². The minimum Gasteiger partial charge on any atom is -0.380 e. The summed E-state index contributed by atoms with van der Waals surface area (Å²) in [6.07, 6.45) is 2.26. The lowest BCUT2D eigenvalue weighted by molar-refractivity contribution is -0.122. The Balaban J connectivity index is 3.44. The van der Waals surface area contributed by atoms with E-state index in [1.165, 1.54) is 0 Å².